The normalized spacial score (nSPS) is 10.7. The first-order valence-electron chi connectivity index (χ1n) is 7.50. The van der Waals surface area contributed by atoms with Crippen LogP contribution in [-0.4, -0.2) is 32.8 Å². The summed E-state index contributed by atoms with van der Waals surface area (Å²) in [6.45, 7) is 0.0850. The van der Waals surface area contributed by atoms with E-state index in [1.165, 1.54) is 0 Å². The Hall–Kier alpha value is -1.86. The summed E-state index contributed by atoms with van der Waals surface area (Å²) in [4.78, 5) is 4.40. The van der Waals surface area contributed by atoms with Crippen molar-refractivity contribution in [2.45, 2.75) is 4.90 Å². The van der Waals surface area contributed by atoms with Crippen LogP contribution in [0.3, 0.4) is 0 Å². The van der Waals surface area contributed by atoms with Crippen LogP contribution in [0.15, 0.2) is 59.8 Å². The van der Waals surface area contributed by atoms with E-state index in [-0.39, 0.29) is 37.1 Å². The molecule has 0 aliphatic carbocycles. The molecule has 0 aliphatic rings. The lowest BCUT2D eigenvalue weighted by molar-refractivity contribution is 0.415. The van der Waals surface area contributed by atoms with E-state index < -0.39 is 9.84 Å². The molecule has 0 radical (unpaired) electrons. The summed E-state index contributed by atoms with van der Waals surface area (Å²) < 4.78 is 30.4. The van der Waals surface area contributed by atoms with Gasteiger partial charge in [0, 0.05) is 29.7 Å². The SMILES string of the molecule is COc1ccc(-c2cc(S(=O)(=O)CCN)c3ccncc3c2)cc1.Cl.Cl. The predicted octanol–water partition coefficient (Wildman–Crippen LogP) is 3.49. The number of nitrogens with two attached hydrogens (primary N) is 1. The number of fused-ring (bicyclic) bond motifs is 1. The second-order valence-electron chi connectivity index (χ2n) is 5.41. The molecule has 0 unspecified atom stereocenters. The van der Waals surface area contributed by atoms with Crippen molar-refractivity contribution in [2.75, 3.05) is 19.4 Å². The third-order valence-corrected chi connectivity index (χ3v) is 5.64. The lowest BCUT2D eigenvalue weighted by Gasteiger charge is -2.11. The van der Waals surface area contributed by atoms with Gasteiger partial charge in [-0.1, -0.05) is 12.1 Å². The lowest BCUT2D eigenvalue weighted by atomic mass is 10.0. The molecule has 1 aromatic heterocycles. The van der Waals surface area contributed by atoms with Crippen molar-refractivity contribution < 1.29 is 13.2 Å². The van der Waals surface area contributed by atoms with Gasteiger partial charge in [-0.25, -0.2) is 8.42 Å². The summed E-state index contributed by atoms with van der Waals surface area (Å²) in [5, 5.41) is 1.44. The standard InChI is InChI=1S/C18H18N2O3S.2ClH/c1-23-16-4-2-13(3-5-16)14-10-15-12-20-8-6-17(15)18(11-14)24(21,22)9-7-19;;/h2-6,8,10-12H,7,9,19H2,1H3;2*1H. The number of sulfone groups is 1. The smallest absolute Gasteiger partial charge is 0.180 e. The van der Waals surface area contributed by atoms with Gasteiger partial charge < -0.3 is 10.5 Å². The highest BCUT2D eigenvalue weighted by molar-refractivity contribution is 7.91. The highest BCUT2D eigenvalue weighted by atomic mass is 35.5. The predicted molar refractivity (Wildman–Crippen MR) is 109 cm³/mol. The van der Waals surface area contributed by atoms with Crippen molar-refractivity contribution in [1.82, 2.24) is 4.98 Å². The van der Waals surface area contributed by atoms with Gasteiger partial charge in [0.25, 0.3) is 0 Å². The van der Waals surface area contributed by atoms with Crippen LogP contribution in [0.1, 0.15) is 0 Å². The van der Waals surface area contributed by atoms with Crippen LogP contribution in [0.25, 0.3) is 21.9 Å². The van der Waals surface area contributed by atoms with E-state index in [1.807, 2.05) is 30.3 Å². The number of nitrogens with zero attached hydrogens (tertiary/aromatic N) is 1. The number of aromatic nitrogens is 1. The Morgan fingerprint density at radius 2 is 1.73 bits per heavy atom. The third kappa shape index (κ3) is 4.45. The van der Waals surface area contributed by atoms with Crippen molar-refractivity contribution in [1.29, 1.82) is 0 Å². The summed E-state index contributed by atoms with van der Waals surface area (Å²) in [5.41, 5.74) is 7.19. The first kappa shape index (κ1) is 22.2. The average molecular weight is 415 g/mol. The van der Waals surface area contributed by atoms with Gasteiger partial charge in [-0.3, -0.25) is 4.98 Å². The highest BCUT2D eigenvalue weighted by Gasteiger charge is 2.18. The fourth-order valence-corrected chi connectivity index (χ4v) is 4.00. The van der Waals surface area contributed by atoms with Crippen LogP contribution in [0.2, 0.25) is 0 Å². The molecule has 5 nitrogen and oxygen atoms in total. The van der Waals surface area contributed by atoms with Gasteiger partial charge in [0.2, 0.25) is 0 Å². The fourth-order valence-electron chi connectivity index (χ4n) is 2.65. The molecule has 0 saturated carbocycles. The molecule has 8 heteroatoms. The van der Waals surface area contributed by atoms with E-state index in [4.69, 9.17) is 10.5 Å². The summed E-state index contributed by atoms with van der Waals surface area (Å²) in [7, 11) is -1.85. The quantitative estimate of drug-likeness (QED) is 0.690. The van der Waals surface area contributed by atoms with Gasteiger partial charge in [-0.05, 0) is 41.5 Å². The molecule has 26 heavy (non-hydrogen) atoms. The molecule has 0 bridgehead atoms. The largest absolute Gasteiger partial charge is 0.497 e. The topological polar surface area (TPSA) is 82.3 Å². The zero-order valence-corrected chi connectivity index (χ0v) is 16.5. The van der Waals surface area contributed by atoms with Crippen molar-refractivity contribution in [3.8, 4) is 16.9 Å². The van der Waals surface area contributed by atoms with Gasteiger partial charge in [0.1, 0.15) is 5.75 Å². The molecule has 0 spiro atoms. The van der Waals surface area contributed by atoms with Crippen molar-refractivity contribution in [3.63, 3.8) is 0 Å². The maximum atomic E-state index is 12.6. The van der Waals surface area contributed by atoms with Gasteiger partial charge in [-0.15, -0.1) is 24.8 Å². The van der Waals surface area contributed by atoms with Crippen LogP contribution in [0.4, 0.5) is 0 Å². The average Bonchev–Trinajstić information content (AvgIpc) is 2.60. The van der Waals surface area contributed by atoms with Gasteiger partial charge >= 0.3 is 0 Å². The fraction of sp³-hybridized carbons (Fsp3) is 0.167. The molecule has 140 valence electrons. The maximum Gasteiger partial charge on any atom is 0.180 e. The highest BCUT2D eigenvalue weighted by Crippen LogP contribution is 2.31. The Kier molecular flexibility index (Phi) is 7.84. The molecule has 3 aromatic rings. The van der Waals surface area contributed by atoms with Crippen LogP contribution in [-0.2, 0) is 9.84 Å². The van der Waals surface area contributed by atoms with Crippen molar-refractivity contribution in [2.24, 2.45) is 5.73 Å². The number of rotatable bonds is 5. The Balaban J connectivity index is 0.00000169. The summed E-state index contributed by atoms with van der Waals surface area (Å²) in [6.07, 6.45) is 3.26. The van der Waals surface area contributed by atoms with Crippen molar-refractivity contribution in [3.05, 3.63) is 54.9 Å². The molecular weight excluding hydrogens is 395 g/mol. The minimum Gasteiger partial charge on any atom is -0.497 e. The number of hydrogen-bond acceptors (Lipinski definition) is 5. The Bertz CT molecular complexity index is 977. The number of ether oxygens (including phenoxy) is 1. The Morgan fingerprint density at radius 3 is 2.35 bits per heavy atom. The number of pyridine rings is 1. The van der Waals surface area contributed by atoms with Gasteiger partial charge in [0.15, 0.2) is 9.84 Å². The maximum absolute atomic E-state index is 12.6. The molecule has 0 saturated heterocycles. The number of benzene rings is 2. The summed E-state index contributed by atoms with van der Waals surface area (Å²) in [6, 6.07) is 12.8. The number of hydrogen-bond donors (Lipinski definition) is 1. The molecule has 3 rings (SSSR count). The van der Waals surface area contributed by atoms with Crippen LogP contribution < -0.4 is 10.5 Å². The summed E-state index contributed by atoms with van der Waals surface area (Å²) in [5.74, 6) is 0.661. The van der Waals surface area contributed by atoms with E-state index in [9.17, 15) is 8.42 Å². The van der Waals surface area contributed by atoms with E-state index in [0.717, 1.165) is 22.3 Å². The molecule has 2 aromatic carbocycles. The second-order valence-corrected chi connectivity index (χ2v) is 7.48. The summed E-state index contributed by atoms with van der Waals surface area (Å²) >= 11 is 0. The Labute approximate surface area is 165 Å². The molecule has 0 amide bonds. The molecule has 1 heterocycles. The lowest BCUT2D eigenvalue weighted by Crippen LogP contribution is -2.16. The van der Waals surface area contributed by atoms with Crippen LogP contribution in [0.5, 0.6) is 5.75 Å². The van der Waals surface area contributed by atoms with Crippen LogP contribution >= 0.6 is 24.8 Å². The van der Waals surface area contributed by atoms with E-state index in [2.05, 4.69) is 4.98 Å². The molecule has 0 fully saturated rings. The van der Waals surface area contributed by atoms with Crippen LogP contribution in [0, 0.1) is 0 Å². The Morgan fingerprint density at radius 1 is 1.04 bits per heavy atom. The first-order valence-corrected chi connectivity index (χ1v) is 9.15. The zero-order chi connectivity index (χ0) is 17.2. The first-order chi connectivity index (χ1) is 11.5. The molecular formula is C18H20Cl2N2O3S. The van der Waals surface area contributed by atoms with Crippen molar-refractivity contribution >= 4 is 45.4 Å². The number of halogens is 2. The molecule has 0 aliphatic heterocycles. The van der Waals surface area contributed by atoms with E-state index in [1.54, 1.807) is 31.6 Å². The number of methoxy groups -OCH3 is 1. The van der Waals surface area contributed by atoms with E-state index >= 15 is 0 Å². The molecule has 0 atom stereocenters. The van der Waals surface area contributed by atoms with Gasteiger partial charge in [0.05, 0.1) is 17.8 Å². The third-order valence-electron chi connectivity index (χ3n) is 3.86. The van der Waals surface area contributed by atoms with E-state index in [0.29, 0.717) is 10.3 Å². The molecule has 2 N–H and O–H groups in total. The second kappa shape index (κ2) is 9.19. The minimum absolute atomic E-state index is 0. The zero-order valence-electron chi connectivity index (χ0n) is 14.1. The minimum atomic E-state index is -3.46. The monoisotopic (exact) mass is 414 g/mol. The van der Waals surface area contributed by atoms with Gasteiger partial charge in [-0.2, -0.15) is 0 Å².